The molecule has 0 heterocycles. The van der Waals surface area contributed by atoms with Gasteiger partial charge in [0.25, 0.3) is 0 Å². The van der Waals surface area contributed by atoms with Crippen molar-refractivity contribution in [3.63, 3.8) is 0 Å². The van der Waals surface area contributed by atoms with Gasteiger partial charge in [0.1, 0.15) is 0 Å². The predicted octanol–water partition coefficient (Wildman–Crippen LogP) is 9.97. The van der Waals surface area contributed by atoms with Gasteiger partial charge >= 0.3 is 0 Å². The van der Waals surface area contributed by atoms with Crippen LogP contribution in [0, 0.1) is 47.4 Å². The molecule has 0 bridgehead atoms. The van der Waals surface area contributed by atoms with Gasteiger partial charge in [0, 0.05) is 32.6 Å². The van der Waals surface area contributed by atoms with Gasteiger partial charge in [-0.25, -0.2) is 0 Å². The summed E-state index contributed by atoms with van der Waals surface area (Å²) in [7, 11) is -5.75. The molecule has 318 valence electrons. The van der Waals surface area contributed by atoms with Crippen molar-refractivity contribution in [2.45, 2.75) is 51.6 Å². The van der Waals surface area contributed by atoms with Gasteiger partial charge in [0.05, 0.1) is 23.3 Å². The zero-order valence-corrected chi connectivity index (χ0v) is 40.7. The molecule has 0 aliphatic heterocycles. The summed E-state index contributed by atoms with van der Waals surface area (Å²) >= 11 is 13.9. The van der Waals surface area contributed by atoms with Gasteiger partial charge < -0.3 is 10.2 Å². The number of aliphatic hydroxyl groups excluding tert-OH is 2. The number of aliphatic hydroxyl groups is 2. The van der Waals surface area contributed by atoms with Crippen molar-refractivity contribution < 1.29 is 10.2 Å². The van der Waals surface area contributed by atoms with Crippen molar-refractivity contribution in [1.29, 1.82) is 0 Å². The van der Waals surface area contributed by atoms with E-state index in [1.165, 1.54) is 20.7 Å². The van der Waals surface area contributed by atoms with Gasteiger partial charge in [-0.3, -0.25) is 0 Å². The third-order valence-electron chi connectivity index (χ3n) is 11.6. The van der Waals surface area contributed by atoms with E-state index in [0.717, 1.165) is 32.6 Å². The van der Waals surface area contributed by atoms with Crippen LogP contribution >= 0.6 is 23.2 Å². The van der Waals surface area contributed by atoms with Gasteiger partial charge in [-0.1, -0.05) is 222 Å². The van der Waals surface area contributed by atoms with Gasteiger partial charge in [-0.15, -0.1) is 0 Å². The van der Waals surface area contributed by atoms with E-state index in [9.17, 15) is 10.2 Å². The molecule has 0 aromatic heterocycles. The Kier molecular flexibility index (Phi) is 15.6. The first-order valence-electron chi connectivity index (χ1n) is 21.3. The highest BCUT2D eigenvalue weighted by molar-refractivity contribution is 7.11. The summed E-state index contributed by atoms with van der Waals surface area (Å²) < 4.78 is 0. The maximum Gasteiger partial charge on any atom is 0.165 e. The first-order valence-corrected chi connectivity index (χ1v) is 26.0. The number of hydrogen-bond donors (Lipinski definition) is 2. The Morgan fingerprint density at radius 2 is 0.625 bits per heavy atom. The molecule has 0 fully saturated rings. The molecule has 6 aromatic rings. The van der Waals surface area contributed by atoms with E-state index in [2.05, 4.69) is 186 Å². The predicted molar refractivity (Wildman–Crippen MR) is 276 cm³/mol. The zero-order chi connectivity index (χ0) is 45.8. The van der Waals surface area contributed by atoms with Crippen LogP contribution in [0.4, 0.5) is 0 Å². The quantitative estimate of drug-likeness (QED) is 0.118. The van der Waals surface area contributed by atoms with Crippen molar-refractivity contribution in [2.24, 2.45) is 0 Å². The number of hydrogen-bond acceptors (Lipinski definition) is 2. The monoisotopic (exact) mass is 906 g/mol. The molecule has 0 aliphatic carbocycles. The van der Waals surface area contributed by atoms with E-state index in [0.29, 0.717) is 10.1 Å². The Morgan fingerprint density at radius 3 is 0.844 bits per heavy atom. The molecule has 0 radical (unpaired) electrons. The maximum absolute atomic E-state index is 10.4. The molecule has 0 amide bonds. The summed E-state index contributed by atoms with van der Waals surface area (Å²) in [6.45, 7) is 12.9. The van der Waals surface area contributed by atoms with Crippen molar-refractivity contribution in [3.8, 4) is 47.4 Å². The fourth-order valence-electron chi connectivity index (χ4n) is 8.78. The van der Waals surface area contributed by atoms with Gasteiger partial charge in [-0.2, -0.15) is 0 Å². The highest BCUT2D eigenvalue weighted by atomic mass is 35.5. The van der Waals surface area contributed by atoms with Gasteiger partial charge in [0.2, 0.25) is 0 Å². The van der Waals surface area contributed by atoms with Gasteiger partial charge in [0.15, 0.2) is 16.1 Å². The van der Waals surface area contributed by atoms with E-state index in [4.69, 9.17) is 23.2 Å². The van der Waals surface area contributed by atoms with Crippen molar-refractivity contribution in [1.82, 2.24) is 0 Å². The summed E-state index contributed by atoms with van der Waals surface area (Å²) in [6, 6.07) is 57.4. The lowest BCUT2D eigenvalue weighted by Gasteiger charge is -2.44. The minimum atomic E-state index is -2.88. The second-order valence-corrected chi connectivity index (χ2v) is 27.7. The first kappa shape index (κ1) is 47.5. The molecule has 2 nitrogen and oxygen atoms in total. The number of benzene rings is 6. The normalized spacial score (nSPS) is 12.3. The Bertz CT molecular complexity index is 2580. The molecule has 2 N–H and O–H groups in total. The van der Waals surface area contributed by atoms with E-state index >= 15 is 0 Å². The van der Waals surface area contributed by atoms with Crippen LogP contribution < -0.4 is 20.7 Å². The Balaban J connectivity index is 1.25. The Hall–Kier alpha value is -6.03. The molecular weight excluding hydrogens is 856 g/mol. The third kappa shape index (κ3) is 10.2. The lowest BCUT2D eigenvalue weighted by molar-refractivity contribution is 0.338. The average Bonchev–Trinajstić information content (AvgIpc) is 3.31. The molecule has 0 unspecified atom stereocenters. The summed E-state index contributed by atoms with van der Waals surface area (Å²) in [4.78, 5) is 0. The molecule has 0 aliphatic rings. The van der Waals surface area contributed by atoms with E-state index < -0.39 is 16.1 Å². The second kappa shape index (κ2) is 21.1. The molecule has 6 rings (SSSR count). The molecule has 0 spiro atoms. The summed E-state index contributed by atoms with van der Waals surface area (Å²) in [5.74, 6) is 26.0. The lowest BCUT2D eigenvalue weighted by Crippen LogP contribution is -2.66. The van der Waals surface area contributed by atoms with E-state index in [1.807, 2.05) is 72.8 Å². The molecular formula is C58H52Cl2O2Si2. The largest absolute Gasteiger partial charge is 0.391 e. The number of allylic oxidation sites excluding steroid dienone is 2. The van der Waals surface area contributed by atoms with Gasteiger partial charge in [-0.05, 0) is 91.2 Å². The zero-order valence-electron chi connectivity index (χ0n) is 37.2. The smallest absolute Gasteiger partial charge is 0.165 e. The lowest BCUT2D eigenvalue weighted by atomic mass is 10.1. The van der Waals surface area contributed by atoms with Crippen LogP contribution in [-0.2, 0) is 0 Å². The van der Waals surface area contributed by atoms with Crippen LogP contribution in [0.3, 0.4) is 0 Å². The maximum atomic E-state index is 10.4. The highest BCUT2D eigenvalue weighted by Crippen LogP contribution is 2.43. The van der Waals surface area contributed by atoms with Crippen LogP contribution in [0.15, 0.2) is 190 Å². The van der Waals surface area contributed by atoms with Crippen molar-refractivity contribution in [3.05, 3.63) is 213 Å². The molecule has 6 aromatic carbocycles. The molecule has 0 atom stereocenters. The Morgan fingerprint density at radius 1 is 0.391 bits per heavy atom. The Labute approximate surface area is 392 Å². The van der Waals surface area contributed by atoms with Crippen LogP contribution in [0.2, 0.25) is 10.1 Å². The topological polar surface area (TPSA) is 40.5 Å². The van der Waals surface area contributed by atoms with E-state index in [-0.39, 0.29) is 23.3 Å². The fraction of sp³-hybridized carbons (Fsp3) is 0.172. The molecule has 0 saturated carbocycles. The molecule has 6 heteroatoms. The minimum Gasteiger partial charge on any atom is -0.391 e. The second-order valence-electron chi connectivity index (χ2n) is 17.5. The minimum absolute atomic E-state index is 0.241. The standard InChI is InChI=1S/C58H52Cl2O2Si2/c1-57(2,3)63(49-23-11-7-12-24-49,50-25-13-8-14-26-50)55(53(59)43-61)41-39-47-35-31-45(32-36-47)21-19-20-22-46-33-37-48(38-34-46)40-42-56(54(60)44-62)64(58(4,5)6,51-27-15-9-16-28-51)52-29-17-10-18-30-52/h7-18,23-38,61-62H,43-44H2,1-6H3/b55-53+,56-54+. The average molecular weight is 908 g/mol. The van der Waals surface area contributed by atoms with E-state index in [1.54, 1.807) is 0 Å². The summed E-state index contributed by atoms with van der Waals surface area (Å²) in [6.07, 6.45) is 0. The SMILES string of the molecule is CC(C)(C)[Si](/C(C#Cc1ccc(C#CC#Cc2ccc(C#C/C(=C(\Cl)CO)[Si](c3ccccc3)(c3ccccc3)C(C)(C)C)cc2)cc1)=C(/Cl)CO)(c1ccccc1)c1ccccc1. The first-order chi connectivity index (χ1) is 30.8. The van der Waals surface area contributed by atoms with Crippen LogP contribution in [-0.4, -0.2) is 39.6 Å². The number of rotatable bonds is 8. The van der Waals surface area contributed by atoms with Crippen molar-refractivity contribution in [2.75, 3.05) is 13.2 Å². The summed E-state index contributed by atoms with van der Waals surface area (Å²) in [5, 5.41) is 27.5. The molecule has 64 heavy (non-hydrogen) atoms. The number of halogens is 2. The highest BCUT2D eigenvalue weighted by Gasteiger charge is 2.52. The third-order valence-corrected chi connectivity index (χ3v) is 24.1. The van der Waals surface area contributed by atoms with Crippen LogP contribution in [0.25, 0.3) is 0 Å². The fourth-order valence-corrected chi connectivity index (χ4v) is 20.8. The summed E-state index contributed by atoms with van der Waals surface area (Å²) in [5.41, 5.74) is 3.25. The van der Waals surface area contributed by atoms with Crippen LogP contribution in [0.5, 0.6) is 0 Å². The molecule has 0 saturated heterocycles. The van der Waals surface area contributed by atoms with Crippen molar-refractivity contribution >= 4 is 60.1 Å². The van der Waals surface area contributed by atoms with Crippen LogP contribution in [0.1, 0.15) is 63.8 Å².